The standard InChI is InChI=1S/C12H19F6NO/c1-2-19-9(8-5-3-4-6-8)7-20-10(11(13,14)15)12(16,17)18/h8-10,19H,2-7H2,1H3. The van der Waals surface area contributed by atoms with Crippen LogP contribution in [-0.4, -0.2) is 37.7 Å². The summed E-state index contributed by atoms with van der Waals surface area (Å²) in [7, 11) is 0. The van der Waals surface area contributed by atoms with Crippen molar-refractivity contribution in [2.24, 2.45) is 5.92 Å². The molecule has 0 radical (unpaired) electrons. The van der Waals surface area contributed by atoms with E-state index in [2.05, 4.69) is 10.1 Å². The number of hydrogen-bond donors (Lipinski definition) is 1. The Hall–Kier alpha value is -0.500. The van der Waals surface area contributed by atoms with Gasteiger partial charge in [0, 0.05) is 6.04 Å². The van der Waals surface area contributed by atoms with Crippen molar-refractivity contribution in [1.82, 2.24) is 5.32 Å². The van der Waals surface area contributed by atoms with Crippen LogP contribution in [0.5, 0.6) is 0 Å². The lowest BCUT2D eigenvalue weighted by atomic mass is 9.99. The highest BCUT2D eigenvalue weighted by Crippen LogP contribution is 2.36. The van der Waals surface area contributed by atoms with Gasteiger partial charge < -0.3 is 10.1 Å². The predicted octanol–water partition coefficient (Wildman–Crippen LogP) is 3.66. The molecular formula is C12H19F6NO. The maximum Gasteiger partial charge on any atom is 0.423 e. The summed E-state index contributed by atoms with van der Waals surface area (Å²) in [6.07, 6.45) is -11.1. The molecule has 0 aromatic rings. The first-order valence-corrected chi connectivity index (χ1v) is 6.64. The van der Waals surface area contributed by atoms with E-state index in [4.69, 9.17) is 0 Å². The molecule has 0 amide bonds. The highest BCUT2D eigenvalue weighted by molar-refractivity contribution is 4.82. The van der Waals surface area contributed by atoms with Crippen molar-refractivity contribution >= 4 is 0 Å². The minimum absolute atomic E-state index is 0.0806. The van der Waals surface area contributed by atoms with Crippen molar-refractivity contribution in [1.29, 1.82) is 0 Å². The van der Waals surface area contributed by atoms with Crippen LogP contribution in [0.1, 0.15) is 32.6 Å². The van der Waals surface area contributed by atoms with Gasteiger partial charge in [0.15, 0.2) is 0 Å². The third kappa shape index (κ3) is 5.12. The van der Waals surface area contributed by atoms with E-state index in [0.29, 0.717) is 6.54 Å². The summed E-state index contributed by atoms with van der Waals surface area (Å²) in [5.74, 6) is 0.0806. The fraction of sp³-hybridized carbons (Fsp3) is 1.00. The van der Waals surface area contributed by atoms with E-state index in [1.54, 1.807) is 6.92 Å². The lowest BCUT2D eigenvalue weighted by Gasteiger charge is -2.28. The van der Waals surface area contributed by atoms with Gasteiger partial charge in [-0.2, -0.15) is 26.3 Å². The molecule has 20 heavy (non-hydrogen) atoms. The average molecular weight is 307 g/mol. The molecule has 0 spiro atoms. The molecule has 0 saturated heterocycles. The molecule has 1 unspecified atom stereocenters. The second kappa shape index (κ2) is 6.98. The number of likely N-dealkylation sites (N-methyl/N-ethyl adjacent to an activating group) is 1. The molecule has 1 N–H and O–H groups in total. The largest absolute Gasteiger partial charge is 0.423 e. The number of nitrogens with one attached hydrogen (secondary N) is 1. The minimum atomic E-state index is -5.44. The Bertz CT molecular complexity index is 271. The monoisotopic (exact) mass is 307 g/mol. The number of hydrogen-bond acceptors (Lipinski definition) is 2. The second-order valence-electron chi connectivity index (χ2n) is 5.01. The third-order valence-corrected chi connectivity index (χ3v) is 3.47. The summed E-state index contributed by atoms with van der Waals surface area (Å²) in [6.45, 7) is 1.66. The number of halogens is 6. The third-order valence-electron chi connectivity index (χ3n) is 3.47. The van der Waals surface area contributed by atoms with Crippen molar-refractivity contribution < 1.29 is 31.1 Å². The van der Waals surface area contributed by atoms with E-state index in [9.17, 15) is 26.3 Å². The zero-order valence-corrected chi connectivity index (χ0v) is 11.2. The molecule has 1 aliphatic carbocycles. The zero-order chi connectivity index (χ0) is 15.4. The van der Waals surface area contributed by atoms with Crippen molar-refractivity contribution in [3.8, 4) is 0 Å². The molecule has 2 nitrogen and oxygen atoms in total. The molecular weight excluding hydrogens is 288 g/mol. The zero-order valence-electron chi connectivity index (χ0n) is 11.2. The van der Waals surface area contributed by atoms with Gasteiger partial charge in [0.05, 0.1) is 6.61 Å². The first-order valence-electron chi connectivity index (χ1n) is 6.64. The predicted molar refractivity (Wildman–Crippen MR) is 61.3 cm³/mol. The number of rotatable bonds is 6. The SMILES string of the molecule is CCNC(COC(C(F)(F)F)C(F)(F)F)C1CCCC1. The molecule has 1 atom stereocenters. The van der Waals surface area contributed by atoms with E-state index in [1.807, 2.05) is 0 Å². The van der Waals surface area contributed by atoms with Gasteiger partial charge in [0.1, 0.15) is 0 Å². The maximum atomic E-state index is 12.4. The summed E-state index contributed by atoms with van der Waals surface area (Å²) >= 11 is 0. The smallest absolute Gasteiger partial charge is 0.359 e. The van der Waals surface area contributed by atoms with Gasteiger partial charge in [-0.1, -0.05) is 19.8 Å². The lowest BCUT2D eigenvalue weighted by Crippen LogP contribution is -2.48. The van der Waals surface area contributed by atoms with Gasteiger partial charge in [-0.05, 0) is 25.3 Å². The van der Waals surface area contributed by atoms with Crippen molar-refractivity contribution in [2.75, 3.05) is 13.2 Å². The molecule has 0 aromatic heterocycles. The Kier molecular flexibility index (Phi) is 6.12. The normalized spacial score (nSPS) is 19.8. The van der Waals surface area contributed by atoms with Crippen molar-refractivity contribution in [2.45, 2.75) is 57.1 Å². The molecule has 0 heterocycles. The summed E-state index contributed by atoms with van der Waals surface area (Å²) in [5, 5.41) is 2.92. The maximum absolute atomic E-state index is 12.4. The lowest BCUT2D eigenvalue weighted by molar-refractivity contribution is -0.323. The van der Waals surface area contributed by atoms with E-state index in [0.717, 1.165) is 25.7 Å². The Labute approximate surface area is 113 Å². The Morgan fingerprint density at radius 2 is 1.55 bits per heavy atom. The van der Waals surface area contributed by atoms with E-state index in [1.165, 1.54) is 0 Å². The van der Waals surface area contributed by atoms with Gasteiger partial charge in [-0.15, -0.1) is 0 Å². The molecule has 0 bridgehead atoms. The Balaban J connectivity index is 2.63. The fourth-order valence-corrected chi connectivity index (χ4v) is 2.56. The second-order valence-corrected chi connectivity index (χ2v) is 5.01. The van der Waals surface area contributed by atoms with Crippen molar-refractivity contribution in [3.63, 3.8) is 0 Å². The molecule has 8 heteroatoms. The number of ether oxygens (including phenoxy) is 1. The van der Waals surface area contributed by atoms with E-state index < -0.39 is 31.1 Å². The van der Waals surface area contributed by atoms with Gasteiger partial charge in [0.2, 0.25) is 6.10 Å². The molecule has 0 aliphatic heterocycles. The fourth-order valence-electron chi connectivity index (χ4n) is 2.56. The molecule has 120 valence electrons. The summed E-state index contributed by atoms with van der Waals surface area (Å²) in [5.41, 5.74) is 0. The van der Waals surface area contributed by atoms with Gasteiger partial charge in [-0.25, -0.2) is 0 Å². The van der Waals surface area contributed by atoms with Crippen LogP contribution in [-0.2, 0) is 4.74 Å². The van der Waals surface area contributed by atoms with Crippen LogP contribution in [0.15, 0.2) is 0 Å². The van der Waals surface area contributed by atoms with Gasteiger partial charge in [-0.3, -0.25) is 0 Å². The summed E-state index contributed by atoms with van der Waals surface area (Å²) in [6, 6.07) is -0.463. The van der Waals surface area contributed by atoms with Crippen LogP contribution in [0.4, 0.5) is 26.3 Å². The minimum Gasteiger partial charge on any atom is -0.359 e. The molecule has 0 aromatic carbocycles. The quantitative estimate of drug-likeness (QED) is 0.756. The highest BCUT2D eigenvalue weighted by atomic mass is 19.4. The van der Waals surface area contributed by atoms with Crippen LogP contribution in [0.25, 0.3) is 0 Å². The van der Waals surface area contributed by atoms with Crippen LogP contribution in [0.3, 0.4) is 0 Å². The van der Waals surface area contributed by atoms with Crippen LogP contribution in [0, 0.1) is 5.92 Å². The van der Waals surface area contributed by atoms with E-state index >= 15 is 0 Å². The Morgan fingerprint density at radius 1 is 1.05 bits per heavy atom. The molecule has 1 aliphatic rings. The van der Waals surface area contributed by atoms with Crippen LogP contribution in [0.2, 0.25) is 0 Å². The van der Waals surface area contributed by atoms with Crippen LogP contribution < -0.4 is 5.32 Å². The summed E-state index contributed by atoms with van der Waals surface area (Å²) in [4.78, 5) is 0. The molecule has 1 fully saturated rings. The summed E-state index contributed by atoms with van der Waals surface area (Å²) < 4.78 is 78.4. The van der Waals surface area contributed by atoms with Crippen molar-refractivity contribution in [3.05, 3.63) is 0 Å². The van der Waals surface area contributed by atoms with Gasteiger partial charge >= 0.3 is 12.4 Å². The highest BCUT2D eigenvalue weighted by Gasteiger charge is 2.58. The van der Waals surface area contributed by atoms with E-state index in [-0.39, 0.29) is 5.92 Å². The molecule has 1 saturated carbocycles. The van der Waals surface area contributed by atoms with Gasteiger partial charge in [0.25, 0.3) is 0 Å². The first-order chi connectivity index (χ1) is 9.16. The average Bonchev–Trinajstić information content (AvgIpc) is 2.77. The number of alkyl halides is 6. The first kappa shape index (κ1) is 17.6. The topological polar surface area (TPSA) is 21.3 Å². The van der Waals surface area contributed by atoms with Crippen LogP contribution >= 0.6 is 0 Å². The molecule has 1 rings (SSSR count). The Morgan fingerprint density at radius 3 is 1.95 bits per heavy atom.